The van der Waals surface area contributed by atoms with E-state index < -0.39 is 22.5 Å². The van der Waals surface area contributed by atoms with Gasteiger partial charge in [0, 0.05) is 18.1 Å². The maximum absolute atomic E-state index is 13.0. The van der Waals surface area contributed by atoms with Crippen LogP contribution in [-0.4, -0.2) is 51.5 Å². The van der Waals surface area contributed by atoms with E-state index >= 15 is 0 Å². The van der Waals surface area contributed by atoms with E-state index in [1.54, 1.807) is 0 Å². The van der Waals surface area contributed by atoms with Gasteiger partial charge in [0.15, 0.2) is 6.61 Å². The fourth-order valence-electron chi connectivity index (χ4n) is 2.68. The number of amides is 1. The number of hydrogen-bond donors (Lipinski definition) is 1. The van der Waals surface area contributed by atoms with Gasteiger partial charge in [0.1, 0.15) is 10.6 Å². The first-order chi connectivity index (χ1) is 14.2. The summed E-state index contributed by atoms with van der Waals surface area (Å²) in [6, 6.07) is 6.96. The Kier molecular flexibility index (Phi) is 7.73. The SMILES string of the molecule is O=C(COc1ccc(Cl)cc1S(=O)(=O)N1CCOCC1)Nc1cc(Cl)c(Cl)cc1Cl. The summed E-state index contributed by atoms with van der Waals surface area (Å²) < 4.78 is 38.0. The smallest absolute Gasteiger partial charge is 0.262 e. The quantitative estimate of drug-likeness (QED) is 0.581. The summed E-state index contributed by atoms with van der Waals surface area (Å²) in [5.74, 6) is -0.568. The second-order valence-electron chi connectivity index (χ2n) is 6.19. The molecule has 1 fully saturated rings. The molecule has 1 aliphatic heterocycles. The second kappa shape index (κ2) is 9.91. The Morgan fingerprint density at radius 3 is 2.40 bits per heavy atom. The van der Waals surface area contributed by atoms with Crippen molar-refractivity contribution in [2.45, 2.75) is 4.90 Å². The number of sulfonamides is 1. The van der Waals surface area contributed by atoms with Crippen LogP contribution in [0.4, 0.5) is 5.69 Å². The predicted molar refractivity (Wildman–Crippen MR) is 117 cm³/mol. The number of anilines is 1. The van der Waals surface area contributed by atoms with Crippen LogP contribution in [0, 0.1) is 0 Å². The van der Waals surface area contributed by atoms with Gasteiger partial charge in [0.2, 0.25) is 10.0 Å². The van der Waals surface area contributed by atoms with Gasteiger partial charge >= 0.3 is 0 Å². The summed E-state index contributed by atoms with van der Waals surface area (Å²) in [5, 5.41) is 3.42. The Balaban J connectivity index is 1.76. The predicted octanol–water partition coefficient (Wildman–Crippen LogP) is 4.34. The van der Waals surface area contributed by atoms with Gasteiger partial charge in [-0.05, 0) is 30.3 Å². The van der Waals surface area contributed by atoms with Crippen molar-refractivity contribution in [3.05, 3.63) is 50.4 Å². The van der Waals surface area contributed by atoms with Crippen LogP contribution >= 0.6 is 46.4 Å². The molecule has 7 nitrogen and oxygen atoms in total. The van der Waals surface area contributed by atoms with Gasteiger partial charge in [-0.25, -0.2) is 8.42 Å². The van der Waals surface area contributed by atoms with Crippen LogP contribution in [0.1, 0.15) is 0 Å². The summed E-state index contributed by atoms with van der Waals surface area (Å²) in [7, 11) is -3.88. The van der Waals surface area contributed by atoms with E-state index in [0.717, 1.165) is 0 Å². The van der Waals surface area contributed by atoms with E-state index in [0.29, 0.717) is 13.2 Å². The highest BCUT2D eigenvalue weighted by molar-refractivity contribution is 7.89. The molecule has 0 saturated carbocycles. The fraction of sp³-hybridized carbons (Fsp3) is 0.278. The lowest BCUT2D eigenvalue weighted by Crippen LogP contribution is -2.40. The van der Waals surface area contributed by atoms with Gasteiger partial charge in [-0.1, -0.05) is 46.4 Å². The third-order valence-corrected chi connectivity index (χ3v) is 7.33. The van der Waals surface area contributed by atoms with Gasteiger partial charge < -0.3 is 14.8 Å². The van der Waals surface area contributed by atoms with E-state index in [1.165, 1.54) is 34.6 Å². The van der Waals surface area contributed by atoms with Crippen molar-refractivity contribution in [1.82, 2.24) is 4.31 Å². The van der Waals surface area contributed by atoms with Gasteiger partial charge in [-0.2, -0.15) is 4.31 Å². The minimum atomic E-state index is -3.88. The van der Waals surface area contributed by atoms with E-state index in [2.05, 4.69) is 5.32 Å². The van der Waals surface area contributed by atoms with Crippen molar-refractivity contribution in [1.29, 1.82) is 0 Å². The number of carbonyl (C=O) groups excluding carboxylic acids is 1. The normalized spacial score (nSPS) is 15.1. The molecular formula is C18H16Cl4N2O5S. The molecule has 0 aromatic heterocycles. The molecule has 1 amide bonds. The molecule has 0 unspecified atom stereocenters. The lowest BCUT2D eigenvalue weighted by atomic mass is 10.3. The number of morpholine rings is 1. The molecule has 0 atom stereocenters. The average Bonchev–Trinajstić information content (AvgIpc) is 2.71. The Hall–Kier alpha value is -1.26. The van der Waals surface area contributed by atoms with Crippen LogP contribution in [0.15, 0.2) is 35.2 Å². The number of ether oxygens (including phenoxy) is 2. The van der Waals surface area contributed by atoms with Crippen LogP contribution in [-0.2, 0) is 19.6 Å². The molecular weight excluding hydrogens is 498 g/mol. The van der Waals surface area contributed by atoms with Gasteiger partial charge in [-0.15, -0.1) is 0 Å². The Morgan fingerprint density at radius 2 is 1.70 bits per heavy atom. The monoisotopic (exact) mass is 512 g/mol. The number of benzene rings is 2. The lowest BCUT2D eigenvalue weighted by molar-refractivity contribution is -0.118. The first kappa shape index (κ1) is 23.4. The molecule has 3 rings (SSSR count). The molecule has 0 spiro atoms. The first-order valence-electron chi connectivity index (χ1n) is 8.63. The zero-order valence-electron chi connectivity index (χ0n) is 15.3. The summed E-state index contributed by atoms with van der Waals surface area (Å²) in [5.41, 5.74) is 0.247. The molecule has 0 radical (unpaired) electrons. The highest BCUT2D eigenvalue weighted by Gasteiger charge is 2.29. The standard InChI is InChI=1S/C18H16Cl4N2O5S/c19-11-1-2-16(17(7-11)30(26,27)24-3-5-28-6-4-24)29-10-18(25)23-15-9-13(21)12(20)8-14(15)22/h1-2,7-9H,3-6,10H2,(H,23,25). The minimum Gasteiger partial charge on any atom is -0.482 e. The largest absolute Gasteiger partial charge is 0.482 e. The van der Waals surface area contributed by atoms with Crippen LogP contribution in [0.25, 0.3) is 0 Å². The van der Waals surface area contributed by atoms with Crippen LogP contribution < -0.4 is 10.1 Å². The second-order valence-corrected chi connectivity index (χ2v) is 9.75. The molecule has 0 bridgehead atoms. The number of nitrogens with one attached hydrogen (secondary N) is 1. The third-order valence-electron chi connectivity index (χ3n) is 4.14. The Bertz CT molecular complexity index is 1060. The van der Waals surface area contributed by atoms with Gasteiger partial charge in [0.05, 0.1) is 34.0 Å². The van der Waals surface area contributed by atoms with Gasteiger partial charge in [0.25, 0.3) is 5.91 Å². The van der Waals surface area contributed by atoms with Crippen molar-refractivity contribution < 1.29 is 22.7 Å². The number of hydrogen-bond acceptors (Lipinski definition) is 5. The molecule has 1 N–H and O–H groups in total. The molecule has 2 aromatic carbocycles. The lowest BCUT2D eigenvalue weighted by Gasteiger charge is -2.26. The van der Waals surface area contributed by atoms with Crippen LogP contribution in [0.5, 0.6) is 5.75 Å². The molecule has 1 aliphatic rings. The van der Waals surface area contributed by atoms with Crippen LogP contribution in [0.3, 0.4) is 0 Å². The number of rotatable bonds is 6. The summed E-state index contributed by atoms with van der Waals surface area (Å²) in [6.07, 6.45) is 0. The molecule has 1 heterocycles. The van der Waals surface area contributed by atoms with Crippen molar-refractivity contribution in [2.24, 2.45) is 0 Å². The first-order valence-corrected chi connectivity index (χ1v) is 11.6. The minimum absolute atomic E-state index is 0.00118. The molecule has 12 heteroatoms. The number of nitrogens with zero attached hydrogens (tertiary/aromatic N) is 1. The van der Waals surface area contributed by atoms with Crippen molar-refractivity contribution in [3.8, 4) is 5.75 Å². The van der Waals surface area contributed by atoms with Crippen molar-refractivity contribution >= 4 is 68.0 Å². The third kappa shape index (κ3) is 5.50. The van der Waals surface area contributed by atoms with Crippen molar-refractivity contribution in [2.75, 3.05) is 38.2 Å². The zero-order chi connectivity index (χ0) is 21.9. The summed E-state index contributed by atoms with van der Waals surface area (Å²) in [4.78, 5) is 12.2. The molecule has 0 aliphatic carbocycles. The van der Waals surface area contributed by atoms with Crippen LogP contribution in [0.2, 0.25) is 20.1 Å². The summed E-state index contributed by atoms with van der Waals surface area (Å²) in [6.45, 7) is 0.546. The van der Waals surface area contributed by atoms with E-state index in [-0.39, 0.29) is 49.5 Å². The highest BCUT2D eigenvalue weighted by Crippen LogP contribution is 2.33. The van der Waals surface area contributed by atoms with Crippen molar-refractivity contribution in [3.63, 3.8) is 0 Å². The van der Waals surface area contributed by atoms with E-state index in [9.17, 15) is 13.2 Å². The number of carbonyl (C=O) groups is 1. The highest BCUT2D eigenvalue weighted by atomic mass is 35.5. The molecule has 1 saturated heterocycles. The zero-order valence-corrected chi connectivity index (χ0v) is 19.2. The Morgan fingerprint density at radius 1 is 1.03 bits per heavy atom. The average molecular weight is 514 g/mol. The Labute approximate surface area is 193 Å². The maximum atomic E-state index is 13.0. The molecule has 30 heavy (non-hydrogen) atoms. The van der Waals surface area contributed by atoms with E-state index in [4.69, 9.17) is 55.9 Å². The number of halogens is 4. The summed E-state index contributed by atoms with van der Waals surface area (Å²) >= 11 is 23.8. The topological polar surface area (TPSA) is 84.9 Å². The van der Waals surface area contributed by atoms with E-state index in [1.807, 2.05) is 0 Å². The molecule has 162 valence electrons. The van der Waals surface area contributed by atoms with Gasteiger partial charge in [-0.3, -0.25) is 4.79 Å². The molecule has 2 aromatic rings. The maximum Gasteiger partial charge on any atom is 0.262 e. The fourth-order valence-corrected chi connectivity index (χ4v) is 5.07.